The van der Waals surface area contributed by atoms with Crippen LogP contribution in [0.15, 0.2) is 12.3 Å². The second kappa shape index (κ2) is 4.78. The van der Waals surface area contributed by atoms with Crippen molar-refractivity contribution in [3.05, 3.63) is 18.0 Å². The van der Waals surface area contributed by atoms with Crippen LogP contribution in [-0.2, 0) is 6.54 Å². The molecule has 2 rings (SSSR count). The van der Waals surface area contributed by atoms with Crippen molar-refractivity contribution in [1.82, 2.24) is 14.7 Å². The Bertz CT molecular complexity index is 364. The molecule has 0 radical (unpaired) electrons. The molecule has 2 N–H and O–H groups in total. The Morgan fingerprint density at radius 3 is 2.88 bits per heavy atom. The number of likely N-dealkylation sites (tertiary alicyclic amines) is 1. The zero-order valence-electron chi connectivity index (χ0n) is 11.2. The normalized spacial score (nSPS) is 22.9. The van der Waals surface area contributed by atoms with Crippen molar-refractivity contribution < 1.29 is 0 Å². The maximum atomic E-state index is 5.75. The van der Waals surface area contributed by atoms with Gasteiger partial charge in [-0.25, -0.2) is 0 Å². The first kappa shape index (κ1) is 12.6. The fourth-order valence-electron chi connectivity index (χ4n) is 2.60. The quantitative estimate of drug-likeness (QED) is 0.851. The molecule has 0 saturated carbocycles. The lowest BCUT2D eigenvalue weighted by molar-refractivity contribution is 0.0776. The Balaban J connectivity index is 2.12. The first-order valence-corrected chi connectivity index (χ1v) is 6.50. The van der Waals surface area contributed by atoms with Crippen LogP contribution in [0.4, 0.5) is 0 Å². The second-order valence-corrected chi connectivity index (χ2v) is 5.88. The van der Waals surface area contributed by atoms with Crippen LogP contribution < -0.4 is 5.73 Å². The Hall–Kier alpha value is -0.870. The van der Waals surface area contributed by atoms with E-state index in [4.69, 9.17) is 5.73 Å². The van der Waals surface area contributed by atoms with Crippen molar-refractivity contribution in [2.45, 2.75) is 51.7 Å². The zero-order chi connectivity index (χ0) is 12.5. The van der Waals surface area contributed by atoms with E-state index in [-0.39, 0.29) is 5.54 Å². The van der Waals surface area contributed by atoms with Gasteiger partial charge in [-0.15, -0.1) is 0 Å². The average Bonchev–Trinajstić information content (AvgIpc) is 2.76. The molecule has 1 aromatic heterocycles. The number of nitrogens with zero attached hydrogens (tertiary/aromatic N) is 3. The van der Waals surface area contributed by atoms with E-state index in [1.807, 2.05) is 12.3 Å². The Morgan fingerprint density at radius 2 is 2.24 bits per heavy atom. The van der Waals surface area contributed by atoms with Crippen LogP contribution in [-0.4, -0.2) is 33.3 Å². The number of aromatic nitrogens is 2. The summed E-state index contributed by atoms with van der Waals surface area (Å²) in [6.45, 7) is 9.69. The summed E-state index contributed by atoms with van der Waals surface area (Å²) in [6, 6.07) is 2.51. The molecule has 0 bridgehead atoms. The SMILES string of the molecule is CC(C)(C)N1CCCC(n2nccc2CN)C1. The molecule has 1 aliphatic heterocycles. The van der Waals surface area contributed by atoms with E-state index >= 15 is 0 Å². The minimum Gasteiger partial charge on any atom is -0.325 e. The Kier molecular flexibility index (Phi) is 3.54. The summed E-state index contributed by atoms with van der Waals surface area (Å²) in [5.41, 5.74) is 7.14. The lowest BCUT2D eigenvalue weighted by Gasteiger charge is -2.41. The van der Waals surface area contributed by atoms with Crippen molar-refractivity contribution in [3.8, 4) is 0 Å². The summed E-state index contributed by atoms with van der Waals surface area (Å²) in [7, 11) is 0. The molecule has 1 atom stereocenters. The third-order valence-corrected chi connectivity index (χ3v) is 3.65. The third kappa shape index (κ3) is 2.69. The standard InChI is InChI=1S/C13H24N4/c1-13(2,3)16-8-4-5-12(10-16)17-11(9-14)6-7-15-17/h6-7,12H,4-5,8-10,14H2,1-3H3. The lowest BCUT2D eigenvalue weighted by atomic mass is 9.98. The number of hydrogen-bond acceptors (Lipinski definition) is 3. The molecule has 1 fully saturated rings. The highest BCUT2D eigenvalue weighted by molar-refractivity contribution is 5.02. The van der Waals surface area contributed by atoms with Gasteiger partial charge in [-0.1, -0.05) is 0 Å². The van der Waals surface area contributed by atoms with Gasteiger partial charge in [0.2, 0.25) is 0 Å². The van der Waals surface area contributed by atoms with Crippen LogP contribution in [0.3, 0.4) is 0 Å². The number of rotatable bonds is 2. The molecule has 0 amide bonds. The summed E-state index contributed by atoms with van der Waals surface area (Å²) in [4.78, 5) is 2.54. The molecular formula is C13H24N4. The minimum absolute atomic E-state index is 0.245. The molecule has 0 aliphatic carbocycles. The molecule has 1 unspecified atom stereocenters. The van der Waals surface area contributed by atoms with Crippen LogP contribution in [0.5, 0.6) is 0 Å². The molecule has 1 aliphatic rings. The van der Waals surface area contributed by atoms with E-state index in [9.17, 15) is 0 Å². The van der Waals surface area contributed by atoms with E-state index in [0.29, 0.717) is 12.6 Å². The summed E-state index contributed by atoms with van der Waals surface area (Å²) in [6.07, 6.45) is 4.31. The Labute approximate surface area is 104 Å². The molecule has 96 valence electrons. The predicted molar refractivity (Wildman–Crippen MR) is 69.7 cm³/mol. The fourth-order valence-corrected chi connectivity index (χ4v) is 2.60. The van der Waals surface area contributed by atoms with Gasteiger partial charge in [0.1, 0.15) is 0 Å². The number of hydrogen-bond donors (Lipinski definition) is 1. The van der Waals surface area contributed by atoms with Gasteiger partial charge in [-0.2, -0.15) is 5.10 Å². The molecule has 4 nitrogen and oxygen atoms in total. The molecule has 1 saturated heterocycles. The van der Waals surface area contributed by atoms with Crippen molar-refractivity contribution in [2.24, 2.45) is 5.73 Å². The largest absolute Gasteiger partial charge is 0.325 e. The average molecular weight is 236 g/mol. The topological polar surface area (TPSA) is 47.1 Å². The second-order valence-electron chi connectivity index (χ2n) is 5.88. The van der Waals surface area contributed by atoms with Gasteiger partial charge in [0, 0.05) is 24.8 Å². The summed E-state index contributed by atoms with van der Waals surface area (Å²) >= 11 is 0. The highest BCUT2D eigenvalue weighted by Crippen LogP contribution is 2.27. The van der Waals surface area contributed by atoms with Crippen LogP contribution in [0.1, 0.15) is 45.3 Å². The highest BCUT2D eigenvalue weighted by Gasteiger charge is 2.29. The maximum absolute atomic E-state index is 5.75. The molecule has 2 heterocycles. The van der Waals surface area contributed by atoms with Gasteiger partial charge in [-0.05, 0) is 46.2 Å². The van der Waals surface area contributed by atoms with Crippen molar-refractivity contribution in [2.75, 3.05) is 13.1 Å². The smallest absolute Gasteiger partial charge is 0.0650 e. The maximum Gasteiger partial charge on any atom is 0.0650 e. The van der Waals surface area contributed by atoms with E-state index in [1.54, 1.807) is 0 Å². The van der Waals surface area contributed by atoms with Crippen molar-refractivity contribution in [1.29, 1.82) is 0 Å². The van der Waals surface area contributed by atoms with Gasteiger partial charge in [-0.3, -0.25) is 9.58 Å². The van der Waals surface area contributed by atoms with Gasteiger partial charge < -0.3 is 5.73 Å². The molecule has 0 aromatic carbocycles. The molecular weight excluding hydrogens is 212 g/mol. The molecule has 17 heavy (non-hydrogen) atoms. The fraction of sp³-hybridized carbons (Fsp3) is 0.769. The van der Waals surface area contributed by atoms with Crippen LogP contribution >= 0.6 is 0 Å². The van der Waals surface area contributed by atoms with Gasteiger partial charge in [0.25, 0.3) is 0 Å². The summed E-state index contributed by atoms with van der Waals surface area (Å²) in [5.74, 6) is 0. The molecule has 4 heteroatoms. The first-order chi connectivity index (χ1) is 8.02. The summed E-state index contributed by atoms with van der Waals surface area (Å²) in [5, 5.41) is 4.44. The third-order valence-electron chi connectivity index (χ3n) is 3.65. The van der Waals surface area contributed by atoms with E-state index < -0.39 is 0 Å². The van der Waals surface area contributed by atoms with E-state index in [2.05, 4.69) is 35.5 Å². The number of nitrogens with two attached hydrogens (primary N) is 1. The van der Waals surface area contributed by atoms with Crippen LogP contribution in [0, 0.1) is 0 Å². The van der Waals surface area contributed by atoms with Gasteiger partial charge >= 0.3 is 0 Å². The van der Waals surface area contributed by atoms with Gasteiger partial charge in [0.15, 0.2) is 0 Å². The number of piperidine rings is 1. The van der Waals surface area contributed by atoms with Gasteiger partial charge in [0.05, 0.1) is 11.7 Å². The minimum atomic E-state index is 0.245. The van der Waals surface area contributed by atoms with Crippen molar-refractivity contribution in [3.63, 3.8) is 0 Å². The highest BCUT2D eigenvalue weighted by atomic mass is 15.3. The van der Waals surface area contributed by atoms with Crippen molar-refractivity contribution >= 4 is 0 Å². The predicted octanol–water partition coefficient (Wildman–Crippen LogP) is 1.78. The van der Waals surface area contributed by atoms with E-state index in [1.165, 1.54) is 19.4 Å². The van der Waals surface area contributed by atoms with E-state index in [0.717, 1.165) is 12.2 Å². The first-order valence-electron chi connectivity index (χ1n) is 6.50. The molecule has 0 spiro atoms. The lowest BCUT2D eigenvalue weighted by Crippen LogP contribution is -2.48. The molecule has 1 aromatic rings. The van der Waals surface area contributed by atoms with Crippen LogP contribution in [0.25, 0.3) is 0 Å². The Morgan fingerprint density at radius 1 is 1.47 bits per heavy atom. The zero-order valence-corrected chi connectivity index (χ0v) is 11.2. The monoisotopic (exact) mass is 236 g/mol. The van der Waals surface area contributed by atoms with Crippen LogP contribution in [0.2, 0.25) is 0 Å². The summed E-state index contributed by atoms with van der Waals surface area (Å²) < 4.78 is 2.12.